The molecule has 6 amide bonds. The number of nitrogens with zero attached hydrogens (tertiary/aromatic N) is 2. The highest BCUT2D eigenvalue weighted by Gasteiger charge is 2.48. The lowest BCUT2D eigenvalue weighted by molar-refractivity contribution is -0.125. The quantitative estimate of drug-likeness (QED) is 0.648. The van der Waals surface area contributed by atoms with Crippen molar-refractivity contribution in [2.24, 2.45) is 5.92 Å². The smallest absolute Gasteiger partial charge is 0.322 e. The maximum Gasteiger partial charge on any atom is 0.322 e. The summed E-state index contributed by atoms with van der Waals surface area (Å²) in [4.78, 5) is 51.9. The van der Waals surface area contributed by atoms with E-state index in [-0.39, 0.29) is 23.8 Å². The molecule has 0 aliphatic carbocycles. The number of carbonyl (C=O) groups is 4. The van der Waals surface area contributed by atoms with Crippen molar-refractivity contribution in [2.75, 3.05) is 32.0 Å². The fraction of sp³-hybridized carbons (Fsp3) is 0.500. The van der Waals surface area contributed by atoms with E-state index in [0.717, 1.165) is 12.0 Å². The Morgan fingerprint density at radius 2 is 1.90 bits per heavy atom. The number of benzene rings is 1. The minimum Gasteiger partial charge on any atom is -0.341 e. The van der Waals surface area contributed by atoms with Crippen molar-refractivity contribution >= 4 is 29.6 Å². The lowest BCUT2D eigenvalue weighted by Gasteiger charge is -2.38. The number of hydrogen-bond donors (Lipinski definition) is 3. The first-order chi connectivity index (χ1) is 13.8. The molecular formula is C20H25N5O4. The number of anilines is 1. The van der Waals surface area contributed by atoms with Crippen molar-refractivity contribution in [3.8, 4) is 0 Å². The molecule has 0 bridgehead atoms. The molecule has 9 nitrogen and oxygen atoms in total. The van der Waals surface area contributed by atoms with Gasteiger partial charge in [-0.25, -0.2) is 9.59 Å². The molecule has 0 aromatic heterocycles. The van der Waals surface area contributed by atoms with Gasteiger partial charge in [0.2, 0.25) is 0 Å². The summed E-state index contributed by atoms with van der Waals surface area (Å²) in [5.41, 5.74) is 1.38. The Labute approximate surface area is 168 Å². The Balaban J connectivity index is 1.37. The van der Waals surface area contributed by atoms with Crippen molar-refractivity contribution in [1.29, 1.82) is 0 Å². The number of nitrogens with one attached hydrogen (secondary N) is 3. The second-order valence-corrected chi connectivity index (χ2v) is 8.15. The lowest BCUT2D eigenvalue weighted by atomic mass is 9.79. The van der Waals surface area contributed by atoms with Gasteiger partial charge in [-0.05, 0) is 55.9 Å². The van der Waals surface area contributed by atoms with E-state index < -0.39 is 11.6 Å². The first-order valence-corrected chi connectivity index (χ1v) is 9.86. The molecule has 1 unspecified atom stereocenters. The predicted molar refractivity (Wildman–Crippen MR) is 106 cm³/mol. The number of likely N-dealkylation sites (tertiary alicyclic amines) is 1. The van der Waals surface area contributed by atoms with Crippen molar-refractivity contribution in [1.82, 2.24) is 20.4 Å². The van der Waals surface area contributed by atoms with Gasteiger partial charge in [-0.3, -0.25) is 14.9 Å². The number of urea groups is 2. The molecule has 3 aliphatic rings. The van der Waals surface area contributed by atoms with E-state index in [1.165, 1.54) is 0 Å². The number of imide groups is 1. The summed E-state index contributed by atoms with van der Waals surface area (Å²) in [5, 5.41) is 7.92. The molecule has 4 rings (SSSR count). The Bertz CT molecular complexity index is 893. The number of amides is 6. The van der Waals surface area contributed by atoms with Crippen LogP contribution < -0.4 is 16.0 Å². The van der Waals surface area contributed by atoms with Gasteiger partial charge in [0.05, 0.1) is 0 Å². The number of rotatable bonds is 2. The predicted octanol–water partition coefficient (Wildman–Crippen LogP) is 1.16. The highest BCUT2D eigenvalue weighted by molar-refractivity contribution is 6.07. The molecule has 0 saturated carbocycles. The van der Waals surface area contributed by atoms with Crippen LogP contribution in [0.1, 0.15) is 35.7 Å². The number of hydrogen-bond acceptors (Lipinski definition) is 4. The molecule has 1 atom stereocenters. The van der Waals surface area contributed by atoms with Crippen LogP contribution in [0.25, 0.3) is 0 Å². The van der Waals surface area contributed by atoms with E-state index in [2.05, 4.69) is 16.0 Å². The molecule has 0 radical (unpaired) electrons. The second-order valence-electron chi connectivity index (χ2n) is 8.15. The van der Waals surface area contributed by atoms with Crippen molar-refractivity contribution in [3.05, 3.63) is 29.3 Å². The maximum absolute atomic E-state index is 12.7. The normalized spacial score (nSPS) is 24.8. The van der Waals surface area contributed by atoms with E-state index in [9.17, 15) is 19.2 Å². The van der Waals surface area contributed by atoms with Crippen LogP contribution in [-0.2, 0) is 11.2 Å². The van der Waals surface area contributed by atoms with Crippen LogP contribution in [0.2, 0.25) is 0 Å². The zero-order valence-corrected chi connectivity index (χ0v) is 16.6. The van der Waals surface area contributed by atoms with Crippen LogP contribution in [-0.4, -0.2) is 65.9 Å². The van der Waals surface area contributed by atoms with E-state index in [0.29, 0.717) is 43.7 Å². The Kier molecular flexibility index (Phi) is 4.68. The van der Waals surface area contributed by atoms with Crippen LogP contribution in [0.3, 0.4) is 0 Å². The fourth-order valence-corrected chi connectivity index (χ4v) is 4.39. The van der Waals surface area contributed by atoms with Crippen LogP contribution in [0.4, 0.5) is 15.3 Å². The maximum atomic E-state index is 12.7. The van der Waals surface area contributed by atoms with E-state index in [4.69, 9.17) is 0 Å². The Hall–Kier alpha value is -3.10. The lowest BCUT2D eigenvalue weighted by Crippen LogP contribution is -2.54. The standard InChI is InChI=1S/C20H25N5O4/c1-20(17(27)22-18(28)23-20)13-6-9-25(10-7-13)19(29)21-14-3-4-15-12(11-14)5-8-24(2)16(15)26/h3-4,11,13H,5-10H2,1-2H3,(H,21,29)(H2,22,23,27,28). The summed E-state index contributed by atoms with van der Waals surface area (Å²) < 4.78 is 0. The molecule has 154 valence electrons. The first kappa shape index (κ1) is 19.2. The summed E-state index contributed by atoms with van der Waals surface area (Å²) >= 11 is 0. The zero-order valence-electron chi connectivity index (χ0n) is 16.6. The van der Waals surface area contributed by atoms with Gasteiger partial charge in [0.15, 0.2) is 0 Å². The largest absolute Gasteiger partial charge is 0.341 e. The topological polar surface area (TPSA) is 111 Å². The van der Waals surface area contributed by atoms with Crippen LogP contribution >= 0.6 is 0 Å². The van der Waals surface area contributed by atoms with Crippen molar-refractivity contribution in [2.45, 2.75) is 31.7 Å². The summed E-state index contributed by atoms with van der Waals surface area (Å²) in [6.45, 7) is 3.41. The molecular weight excluding hydrogens is 374 g/mol. The summed E-state index contributed by atoms with van der Waals surface area (Å²) in [7, 11) is 1.78. The summed E-state index contributed by atoms with van der Waals surface area (Å²) in [6.07, 6.45) is 2.02. The van der Waals surface area contributed by atoms with Gasteiger partial charge in [0, 0.05) is 37.9 Å². The number of carbonyl (C=O) groups excluding carboxylic acids is 4. The minimum atomic E-state index is -0.919. The summed E-state index contributed by atoms with van der Waals surface area (Å²) in [6, 6.07) is 4.71. The van der Waals surface area contributed by atoms with Gasteiger partial charge in [-0.15, -0.1) is 0 Å². The van der Waals surface area contributed by atoms with Gasteiger partial charge in [-0.2, -0.15) is 0 Å². The number of fused-ring (bicyclic) bond motifs is 1. The molecule has 29 heavy (non-hydrogen) atoms. The SMILES string of the molecule is CN1CCc2cc(NC(=O)N3CCC(C4(C)NC(=O)NC4=O)CC3)ccc2C1=O. The molecule has 2 saturated heterocycles. The zero-order chi connectivity index (χ0) is 20.8. The molecule has 1 aromatic rings. The third kappa shape index (κ3) is 3.41. The van der Waals surface area contributed by atoms with E-state index in [1.54, 1.807) is 35.9 Å². The molecule has 9 heteroatoms. The highest BCUT2D eigenvalue weighted by Crippen LogP contribution is 2.31. The monoisotopic (exact) mass is 399 g/mol. The molecule has 3 N–H and O–H groups in total. The van der Waals surface area contributed by atoms with Gasteiger partial charge < -0.3 is 20.4 Å². The summed E-state index contributed by atoms with van der Waals surface area (Å²) in [5.74, 6) is -0.327. The second kappa shape index (κ2) is 7.06. The molecule has 3 heterocycles. The van der Waals surface area contributed by atoms with Crippen LogP contribution in [0.5, 0.6) is 0 Å². The van der Waals surface area contributed by atoms with Crippen molar-refractivity contribution < 1.29 is 19.2 Å². The third-order valence-corrected chi connectivity index (χ3v) is 6.32. The van der Waals surface area contributed by atoms with E-state index >= 15 is 0 Å². The molecule has 2 fully saturated rings. The Morgan fingerprint density at radius 1 is 1.17 bits per heavy atom. The van der Waals surface area contributed by atoms with Gasteiger partial charge >= 0.3 is 12.1 Å². The number of likely N-dealkylation sites (N-methyl/N-ethyl adjacent to an activating group) is 1. The average Bonchev–Trinajstić information content (AvgIpc) is 2.97. The fourth-order valence-electron chi connectivity index (χ4n) is 4.39. The average molecular weight is 399 g/mol. The van der Waals surface area contributed by atoms with Crippen molar-refractivity contribution in [3.63, 3.8) is 0 Å². The molecule has 1 aromatic carbocycles. The van der Waals surface area contributed by atoms with Gasteiger partial charge in [0.25, 0.3) is 11.8 Å². The number of piperidine rings is 1. The minimum absolute atomic E-state index is 0.00253. The van der Waals surface area contributed by atoms with Crippen LogP contribution in [0, 0.1) is 5.92 Å². The Morgan fingerprint density at radius 3 is 2.55 bits per heavy atom. The van der Waals surface area contributed by atoms with E-state index in [1.807, 2.05) is 6.07 Å². The van der Waals surface area contributed by atoms with Gasteiger partial charge in [-0.1, -0.05) is 0 Å². The van der Waals surface area contributed by atoms with Gasteiger partial charge in [0.1, 0.15) is 5.54 Å². The highest BCUT2D eigenvalue weighted by atomic mass is 16.2. The third-order valence-electron chi connectivity index (χ3n) is 6.32. The molecule has 3 aliphatic heterocycles. The first-order valence-electron chi connectivity index (χ1n) is 9.86. The van der Waals surface area contributed by atoms with Crippen LogP contribution in [0.15, 0.2) is 18.2 Å². The molecule has 0 spiro atoms.